The molecule has 4 aromatic rings. The molecule has 164 valence electrons. The second kappa shape index (κ2) is 9.28. The molecule has 4 rings (SSSR count). The van der Waals surface area contributed by atoms with Crippen molar-refractivity contribution < 1.29 is 14.2 Å². The second-order valence-corrected chi connectivity index (χ2v) is 8.83. The van der Waals surface area contributed by atoms with Gasteiger partial charge in [0, 0.05) is 5.56 Å². The normalized spacial score (nSPS) is 11.5. The Labute approximate surface area is 194 Å². The first kappa shape index (κ1) is 21.6. The molecule has 3 N–H and O–H groups in total. The summed E-state index contributed by atoms with van der Waals surface area (Å²) in [6.45, 7) is 4.23. The number of nitrogen functional groups attached to an aromatic ring is 1. The number of halogens is 1. The summed E-state index contributed by atoms with van der Waals surface area (Å²) >= 11 is 4.92. The Balaban J connectivity index is 1.71. The summed E-state index contributed by atoms with van der Waals surface area (Å²) in [4.78, 5) is 13.9. The van der Waals surface area contributed by atoms with E-state index in [4.69, 9.17) is 10.5 Å². The highest BCUT2D eigenvalue weighted by Gasteiger charge is 2.25. The van der Waals surface area contributed by atoms with Crippen molar-refractivity contribution in [3.63, 3.8) is 0 Å². The molecule has 3 aromatic heterocycles. The molecule has 0 atom stereocenters. The number of hydrogen-bond donors (Lipinski definition) is 2. The van der Waals surface area contributed by atoms with Crippen molar-refractivity contribution in [2.75, 3.05) is 12.3 Å². The van der Waals surface area contributed by atoms with Gasteiger partial charge >= 0.3 is 0 Å². The third-order valence-corrected chi connectivity index (χ3v) is 6.01. The molecule has 0 fully saturated rings. The maximum absolute atomic E-state index is 13.0. The monoisotopic (exact) mass is 516 g/mol. The minimum Gasteiger partial charge on any atom is -0.494 e. The predicted octanol–water partition coefficient (Wildman–Crippen LogP) is 3.28. The van der Waals surface area contributed by atoms with Crippen molar-refractivity contribution in [2.45, 2.75) is 13.8 Å². The van der Waals surface area contributed by atoms with E-state index in [1.54, 1.807) is 31.2 Å². The zero-order valence-electron chi connectivity index (χ0n) is 16.9. The highest BCUT2D eigenvalue weighted by Crippen LogP contribution is 2.28. The molecule has 3 heterocycles. The van der Waals surface area contributed by atoms with Crippen molar-refractivity contribution in [3.05, 3.63) is 50.8 Å². The molecule has 13 heteroatoms. The van der Waals surface area contributed by atoms with Crippen LogP contribution in [0, 0.1) is 0 Å². The van der Waals surface area contributed by atoms with Gasteiger partial charge in [-0.1, -0.05) is 5.21 Å². The third kappa shape index (κ3) is 4.38. The third-order valence-electron chi connectivity index (χ3n) is 4.28. The largest absolute Gasteiger partial charge is 0.494 e. The fraction of sp³-hybridized carbons (Fsp3) is 0.158. The smallest absolute Gasteiger partial charge is 0.294 e. The summed E-state index contributed by atoms with van der Waals surface area (Å²) < 4.78 is 12.4. The number of ether oxygens (including phenoxy) is 1. The maximum Gasteiger partial charge on any atom is 0.294 e. The van der Waals surface area contributed by atoms with Crippen LogP contribution < -0.4 is 15.9 Å². The fourth-order valence-corrected chi connectivity index (χ4v) is 4.14. The Bertz CT molecular complexity index is 1280. The van der Waals surface area contributed by atoms with E-state index in [-0.39, 0.29) is 17.3 Å². The Hall–Kier alpha value is -3.58. The van der Waals surface area contributed by atoms with Gasteiger partial charge in [-0.25, -0.2) is 10.1 Å². The summed E-state index contributed by atoms with van der Waals surface area (Å²) in [5, 5.41) is 19.6. The lowest BCUT2D eigenvalue weighted by molar-refractivity contribution is 0.0950. The Morgan fingerprint density at radius 1 is 1.28 bits per heavy atom. The van der Waals surface area contributed by atoms with Crippen molar-refractivity contribution in [2.24, 2.45) is 5.10 Å². The van der Waals surface area contributed by atoms with E-state index in [1.807, 2.05) is 19.1 Å². The van der Waals surface area contributed by atoms with Gasteiger partial charge in [0.15, 0.2) is 5.69 Å². The fourth-order valence-electron chi connectivity index (χ4n) is 2.81. The van der Waals surface area contributed by atoms with E-state index >= 15 is 0 Å². The quantitative estimate of drug-likeness (QED) is 0.281. The van der Waals surface area contributed by atoms with Crippen LogP contribution in [0.3, 0.4) is 0 Å². The molecule has 11 nitrogen and oxygen atoms in total. The van der Waals surface area contributed by atoms with Crippen LogP contribution in [0.4, 0.5) is 5.82 Å². The number of nitrogens with one attached hydrogen (secondary N) is 1. The summed E-state index contributed by atoms with van der Waals surface area (Å²) in [5.74, 6) is 0.256. The number of benzene rings is 1. The van der Waals surface area contributed by atoms with Crippen LogP contribution in [0.2, 0.25) is 0 Å². The first-order valence-electron chi connectivity index (χ1n) is 9.35. The van der Waals surface area contributed by atoms with E-state index in [2.05, 4.69) is 51.7 Å². The van der Waals surface area contributed by atoms with Gasteiger partial charge in [0.1, 0.15) is 11.4 Å². The van der Waals surface area contributed by atoms with E-state index < -0.39 is 5.91 Å². The standard InChI is InChI=1S/C19H17BrN8O3S/c1-3-30-12-6-4-11(5-7-12)16-15(23-27-28(16)18-17(21)25-31-26-18)19(29)24-22-10(2)13-8-9-14(20)32-13/h4-9H,3H2,1-2H3,(H2,21,25)(H,24,29)/b22-10+. The molecule has 0 unspecified atom stereocenters. The second-order valence-electron chi connectivity index (χ2n) is 6.37. The molecule has 0 saturated heterocycles. The molecular weight excluding hydrogens is 500 g/mol. The zero-order chi connectivity index (χ0) is 22.7. The topological polar surface area (TPSA) is 146 Å². The molecule has 1 aromatic carbocycles. The SMILES string of the molecule is CCOc1ccc(-c2c(C(=O)N/N=C(\C)c3ccc(Br)s3)nnn2-c2nonc2N)cc1. The summed E-state index contributed by atoms with van der Waals surface area (Å²) in [5.41, 5.74) is 10.0. The minimum absolute atomic E-state index is 0.00572. The van der Waals surface area contributed by atoms with Gasteiger partial charge in [-0.15, -0.1) is 16.4 Å². The number of carbonyl (C=O) groups excluding carboxylic acids is 1. The van der Waals surface area contributed by atoms with Gasteiger partial charge in [-0.2, -0.15) is 9.78 Å². The van der Waals surface area contributed by atoms with Gasteiger partial charge in [0.25, 0.3) is 5.91 Å². The van der Waals surface area contributed by atoms with Crippen LogP contribution in [0.15, 0.2) is 49.9 Å². The lowest BCUT2D eigenvalue weighted by Gasteiger charge is -2.08. The molecule has 0 saturated carbocycles. The van der Waals surface area contributed by atoms with E-state index in [9.17, 15) is 4.79 Å². The van der Waals surface area contributed by atoms with Crippen LogP contribution in [-0.2, 0) is 0 Å². The lowest BCUT2D eigenvalue weighted by atomic mass is 10.1. The van der Waals surface area contributed by atoms with Crippen LogP contribution in [0.25, 0.3) is 17.1 Å². The average Bonchev–Trinajstić information content (AvgIpc) is 3.52. The minimum atomic E-state index is -0.551. The Morgan fingerprint density at radius 2 is 2.06 bits per heavy atom. The van der Waals surface area contributed by atoms with Crippen LogP contribution in [0.1, 0.15) is 29.2 Å². The maximum atomic E-state index is 13.0. The average molecular weight is 517 g/mol. The number of aromatic nitrogens is 5. The summed E-state index contributed by atoms with van der Waals surface area (Å²) in [7, 11) is 0. The van der Waals surface area contributed by atoms with Gasteiger partial charge in [-0.3, -0.25) is 4.79 Å². The number of amides is 1. The first-order chi connectivity index (χ1) is 15.5. The first-order valence-corrected chi connectivity index (χ1v) is 11.0. The molecule has 0 bridgehead atoms. The van der Waals surface area contributed by atoms with Gasteiger partial charge in [-0.05, 0) is 76.5 Å². The Kier molecular flexibility index (Phi) is 6.28. The number of thiophene rings is 1. The highest BCUT2D eigenvalue weighted by atomic mass is 79.9. The molecule has 0 aliphatic carbocycles. The molecular formula is C19H17BrN8O3S. The Morgan fingerprint density at radius 3 is 2.69 bits per heavy atom. The number of rotatable bonds is 7. The van der Waals surface area contributed by atoms with Crippen LogP contribution in [-0.4, -0.2) is 43.5 Å². The number of nitrogens with zero attached hydrogens (tertiary/aromatic N) is 6. The number of hydrogen-bond acceptors (Lipinski definition) is 10. The molecule has 0 radical (unpaired) electrons. The summed E-state index contributed by atoms with van der Waals surface area (Å²) in [6, 6.07) is 10.9. The number of carbonyl (C=O) groups is 1. The molecule has 32 heavy (non-hydrogen) atoms. The molecule has 0 aliphatic heterocycles. The number of anilines is 1. The van der Waals surface area contributed by atoms with Crippen molar-refractivity contribution in [3.8, 4) is 22.8 Å². The van der Waals surface area contributed by atoms with Gasteiger partial charge in [0.05, 0.1) is 21.0 Å². The van der Waals surface area contributed by atoms with Gasteiger partial charge in [0.2, 0.25) is 11.6 Å². The summed E-state index contributed by atoms with van der Waals surface area (Å²) in [6.07, 6.45) is 0. The van der Waals surface area contributed by atoms with Gasteiger partial charge < -0.3 is 10.5 Å². The van der Waals surface area contributed by atoms with Crippen LogP contribution >= 0.6 is 27.3 Å². The van der Waals surface area contributed by atoms with Crippen LogP contribution in [0.5, 0.6) is 5.75 Å². The van der Waals surface area contributed by atoms with E-state index in [1.165, 1.54) is 16.0 Å². The molecule has 0 spiro atoms. The lowest BCUT2D eigenvalue weighted by Crippen LogP contribution is -2.20. The van der Waals surface area contributed by atoms with E-state index in [0.29, 0.717) is 29.3 Å². The van der Waals surface area contributed by atoms with Crippen molar-refractivity contribution in [1.82, 2.24) is 30.7 Å². The number of nitrogens with two attached hydrogens (primary N) is 1. The number of hydrazone groups is 1. The molecule has 1 amide bonds. The highest BCUT2D eigenvalue weighted by molar-refractivity contribution is 9.11. The van der Waals surface area contributed by atoms with Crippen molar-refractivity contribution in [1.29, 1.82) is 0 Å². The zero-order valence-corrected chi connectivity index (χ0v) is 19.3. The molecule has 0 aliphatic rings. The predicted molar refractivity (Wildman–Crippen MR) is 122 cm³/mol. The van der Waals surface area contributed by atoms with Crippen molar-refractivity contribution >= 4 is 44.7 Å². The van der Waals surface area contributed by atoms with E-state index in [0.717, 1.165) is 8.66 Å².